The van der Waals surface area contributed by atoms with Gasteiger partial charge in [0.1, 0.15) is 12.4 Å². The van der Waals surface area contributed by atoms with Crippen molar-refractivity contribution in [3.05, 3.63) is 29.8 Å². The van der Waals surface area contributed by atoms with Gasteiger partial charge >= 0.3 is 0 Å². The minimum Gasteiger partial charge on any atom is -0.492 e. The Morgan fingerprint density at radius 1 is 1.12 bits per heavy atom. The summed E-state index contributed by atoms with van der Waals surface area (Å²) < 4.78 is 32.7. The molecule has 0 N–H and O–H groups in total. The predicted octanol–water partition coefficient (Wildman–Crippen LogP) is 4.03. The van der Waals surface area contributed by atoms with Crippen LogP contribution in [0.3, 0.4) is 0 Å². The number of benzene rings is 1. The number of piperidine rings is 2. The number of likely N-dealkylation sites (tertiary alicyclic amines) is 2. The zero-order valence-electron chi connectivity index (χ0n) is 15.2. The molecule has 0 spiro atoms. The van der Waals surface area contributed by atoms with Crippen LogP contribution in [0.4, 0.5) is 8.78 Å². The van der Waals surface area contributed by atoms with E-state index in [1.807, 2.05) is 24.3 Å². The summed E-state index contributed by atoms with van der Waals surface area (Å²) >= 11 is 0. The second-order valence-corrected chi connectivity index (χ2v) is 7.64. The molecule has 2 aliphatic rings. The van der Waals surface area contributed by atoms with Gasteiger partial charge in [-0.05, 0) is 31.4 Å². The highest BCUT2D eigenvalue weighted by molar-refractivity contribution is 5.33. The summed E-state index contributed by atoms with van der Waals surface area (Å²) in [6, 6.07) is 8.01. The van der Waals surface area contributed by atoms with Gasteiger partial charge in [0.15, 0.2) is 0 Å². The van der Waals surface area contributed by atoms with Crippen LogP contribution in [0.25, 0.3) is 0 Å². The van der Waals surface area contributed by atoms with Crippen molar-refractivity contribution < 1.29 is 13.5 Å². The Bertz CT molecular complexity index is 542. The second-order valence-electron chi connectivity index (χ2n) is 7.64. The molecule has 1 aromatic carbocycles. The summed E-state index contributed by atoms with van der Waals surface area (Å²) in [6.07, 6.45) is 2.53. The van der Waals surface area contributed by atoms with Crippen LogP contribution in [0, 0.1) is 5.92 Å². The smallest absolute Gasteiger partial charge is 0.250 e. The molecule has 3 rings (SSSR count). The maximum atomic E-state index is 13.3. The maximum Gasteiger partial charge on any atom is 0.250 e. The summed E-state index contributed by atoms with van der Waals surface area (Å²) in [7, 11) is 0. The van der Waals surface area contributed by atoms with Gasteiger partial charge in [-0.15, -0.1) is 0 Å². The van der Waals surface area contributed by atoms with Crippen molar-refractivity contribution >= 4 is 0 Å². The molecular weight excluding hydrogens is 322 g/mol. The first kappa shape index (κ1) is 18.6. The minimum atomic E-state index is -2.49. The molecule has 0 unspecified atom stereocenters. The van der Waals surface area contributed by atoms with E-state index >= 15 is 0 Å². The van der Waals surface area contributed by atoms with Crippen LogP contribution in [-0.2, 0) is 6.54 Å². The van der Waals surface area contributed by atoms with E-state index in [9.17, 15) is 8.78 Å². The normalized spacial score (nSPS) is 25.0. The highest BCUT2D eigenvalue weighted by Gasteiger charge is 2.34. The highest BCUT2D eigenvalue weighted by atomic mass is 19.3. The van der Waals surface area contributed by atoms with Gasteiger partial charge in [-0.25, -0.2) is 8.78 Å². The van der Waals surface area contributed by atoms with Crippen LogP contribution >= 0.6 is 0 Å². The van der Waals surface area contributed by atoms with Gasteiger partial charge in [0.25, 0.3) is 5.92 Å². The van der Waals surface area contributed by atoms with E-state index < -0.39 is 5.92 Å². The van der Waals surface area contributed by atoms with Crippen molar-refractivity contribution in [3.8, 4) is 5.75 Å². The average Bonchev–Trinajstić information content (AvgIpc) is 2.58. The van der Waals surface area contributed by atoms with E-state index in [2.05, 4.69) is 16.7 Å². The van der Waals surface area contributed by atoms with E-state index in [-0.39, 0.29) is 12.8 Å². The van der Waals surface area contributed by atoms with Gasteiger partial charge < -0.3 is 4.74 Å². The summed E-state index contributed by atoms with van der Waals surface area (Å²) in [4.78, 5) is 4.58. The first-order chi connectivity index (χ1) is 12.0. The topological polar surface area (TPSA) is 15.7 Å². The van der Waals surface area contributed by atoms with E-state index in [0.29, 0.717) is 26.2 Å². The number of nitrogens with zero attached hydrogens (tertiary/aromatic N) is 2. The van der Waals surface area contributed by atoms with Gasteiger partial charge in [0, 0.05) is 51.1 Å². The molecule has 3 nitrogen and oxygen atoms in total. The number of para-hydroxylation sites is 1. The molecule has 25 heavy (non-hydrogen) atoms. The maximum absolute atomic E-state index is 13.3. The molecule has 0 saturated carbocycles. The standard InChI is InChI=1S/C20H30F2N2O/c1-17-5-4-10-23(15-17)13-14-25-19-7-3-2-6-18(19)16-24-11-8-20(21,22)9-12-24/h2-3,6-7,17H,4-5,8-16H2,1H3/t17-/m0/s1. The number of alkyl halides is 2. The molecule has 0 aromatic heterocycles. The number of ether oxygens (including phenoxy) is 1. The first-order valence-electron chi connectivity index (χ1n) is 9.55. The zero-order chi connectivity index (χ0) is 17.7. The molecule has 2 heterocycles. The summed E-state index contributed by atoms with van der Waals surface area (Å²) in [6.45, 7) is 7.86. The Labute approximate surface area is 149 Å². The first-order valence-corrected chi connectivity index (χ1v) is 9.55. The van der Waals surface area contributed by atoms with E-state index in [0.717, 1.165) is 36.9 Å². The quantitative estimate of drug-likeness (QED) is 0.769. The van der Waals surface area contributed by atoms with Gasteiger partial charge in [-0.1, -0.05) is 25.1 Å². The molecule has 1 atom stereocenters. The molecule has 0 bridgehead atoms. The minimum absolute atomic E-state index is 0.0385. The van der Waals surface area contributed by atoms with Crippen molar-refractivity contribution in [1.29, 1.82) is 0 Å². The lowest BCUT2D eigenvalue weighted by Crippen LogP contribution is -2.39. The molecule has 1 aromatic rings. The largest absolute Gasteiger partial charge is 0.492 e. The predicted molar refractivity (Wildman–Crippen MR) is 96.2 cm³/mol. The fourth-order valence-corrected chi connectivity index (χ4v) is 3.83. The van der Waals surface area contributed by atoms with Gasteiger partial charge in [-0.2, -0.15) is 0 Å². The third kappa shape index (κ3) is 5.65. The third-order valence-electron chi connectivity index (χ3n) is 5.36. The molecule has 2 saturated heterocycles. The monoisotopic (exact) mass is 352 g/mol. The Morgan fingerprint density at radius 2 is 1.88 bits per heavy atom. The van der Waals surface area contributed by atoms with Crippen molar-refractivity contribution in [3.63, 3.8) is 0 Å². The van der Waals surface area contributed by atoms with E-state index in [4.69, 9.17) is 4.74 Å². The number of rotatable bonds is 6. The summed E-state index contributed by atoms with van der Waals surface area (Å²) in [5.41, 5.74) is 1.10. The summed E-state index contributed by atoms with van der Waals surface area (Å²) in [5, 5.41) is 0. The summed E-state index contributed by atoms with van der Waals surface area (Å²) in [5.74, 6) is -0.818. The van der Waals surface area contributed by atoms with Gasteiger partial charge in [0.05, 0.1) is 0 Å². The fraction of sp³-hybridized carbons (Fsp3) is 0.700. The number of hydrogen-bond acceptors (Lipinski definition) is 3. The Balaban J connectivity index is 1.49. The fourth-order valence-electron chi connectivity index (χ4n) is 3.83. The highest BCUT2D eigenvalue weighted by Crippen LogP contribution is 2.29. The van der Waals surface area contributed by atoms with Gasteiger partial charge in [0.2, 0.25) is 0 Å². The van der Waals surface area contributed by atoms with Crippen molar-refractivity contribution in [2.75, 3.05) is 39.3 Å². The van der Waals surface area contributed by atoms with Crippen LogP contribution in [0.15, 0.2) is 24.3 Å². The van der Waals surface area contributed by atoms with Crippen molar-refractivity contribution in [1.82, 2.24) is 9.80 Å². The Hall–Kier alpha value is -1.20. The molecular formula is C20H30F2N2O. The van der Waals surface area contributed by atoms with Crippen LogP contribution in [0.5, 0.6) is 5.75 Å². The molecule has 0 radical (unpaired) electrons. The van der Waals surface area contributed by atoms with Crippen molar-refractivity contribution in [2.24, 2.45) is 5.92 Å². The zero-order valence-corrected chi connectivity index (χ0v) is 15.2. The molecule has 2 aliphatic heterocycles. The SMILES string of the molecule is C[C@H]1CCCN(CCOc2ccccc2CN2CCC(F)(F)CC2)C1. The average molecular weight is 352 g/mol. The van der Waals surface area contributed by atoms with Crippen LogP contribution in [-0.4, -0.2) is 55.1 Å². The van der Waals surface area contributed by atoms with Crippen LogP contribution in [0.1, 0.15) is 38.2 Å². The van der Waals surface area contributed by atoms with Crippen LogP contribution < -0.4 is 4.74 Å². The molecule has 140 valence electrons. The van der Waals surface area contributed by atoms with E-state index in [1.54, 1.807) is 0 Å². The molecule has 0 aliphatic carbocycles. The number of halogens is 2. The lowest BCUT2D eigenvalue weighted by Gasteiger charge is -2.32. The van der Waals surface area contributed by atoms with Gasteiger partial charge in [-0.3, -0.25) is 9.80 Å². The number of hydrogen-bond donors (Lipinski definition) is 0. The van der Waals surface area contributed by atoms with Crippen molar-refractivity contribution in [2.45, 2.75) is 45.1 Å². The molecule has 0 amide bonds. The molecule has 2 fully saturated rings. The Kier molecular flexibility index (Phi) is 6.29. The Morgan fingerprint density at radius 3 is 2.64 bits per heavy atom. The molecule has 5 heteroatoms. The van der Waals surface area contributed by atoms with Crippen LogP contribution in [0.2, 0.25) is 0 Å². The second kappa shape index (κ2) is 8.45. The van der Waals surface area contributed by atoms with E-state index in [1.165, 1.54) is 12.8 Å². The lowest BCUT2D eigenvalue weighted by molar-refractivity contribution is -0.0567. The third-order valence-corrected chi connectivity index (χ3v) is 5.36. The lowest BCUT2D eigenvalue weighted by atomic mass is 10.0.